The molecular formula is C16H25N3O. The molecule has 1 N–H and O–H groups in total. The highest BCUT2D eigenvalue weighted by atomic mass is 16.5. The molecule has 110 valence electrons. The van der Waals surface area contributed by atoms with Crippen LogP contribution in [-0.2, 0) is 11.3 Å². The van der Waals surface area contributed by atoms with Gasteiger partial charge >= 0.3 is 0 Å². The Balaban J connectivity index is 1.58. The molecule has 4 nitrogen and oxygen atoms in total. The maximum atomic E-state index is 5.40. The van der Waals surface area contributed by atoms with Crippen molar-refractivity contribution in [2.75, 3.05) is 50.8 Å². The maximum Gasteiger partial charge on any atom is 0.0642 e. The molecule has 4 heteroatoms. The Morgan fingerprint density at radius 2 is 1.90 bits per heavy atom. The molecule has 0 bridgehead atoms. The first kappa shape index (κ1) is 13.9. The number of ether oxygens (including phenoxy) is 1. The Bertz CT molecular complexity index is 414. The molecule has 2 heterocycles. The van der Waals surface area contributed by atoms with E-state index in [0.717, 1.165) is 52.5 Å². The summed E-state index contributed by atoms with van der Waals surface area (Å²) in [5.74, 6) is 0. The van der Waals surface area contributed by atoms with Crippen molar-refractivity contribution in [3.05, 3.63) is 29.8 Å². The zero-order valence-electron chi connectivity index (χ0n) is 12.3. The number of piperazine rings is 1. The van der Waals surface area contributed by atoms with Gasteiger partial charge in [0.1, 0.15) is 0 Å². The Hall–Kier alpha value is -1.10. The standard InChI is InChI=1S/C16H25N3O/c1-14-12-18(7-6-17-14)13-15-2-4-16(5-3-15)19-8-10-20-11-9-19/h2-5,14,17H,6-13H2,1H3. The van der Waals surface area contributed by atoms with E-state index in [1.54, 1.807) is 0 Å². The topological polar surface area (TPSA) is 27.7 Å². The lowest BCUT2D eigenvalue weighted by atomic mass is 10.1. The normalized spacial score (nSPS) is 24.9. The van der Waals surface area contributed by atoms with Crippen LogP contribution in [0.5, 0.6) is 0 Å². The number of morpholine rings is 1. The second-order valence-corrected chi connectivity index (χ2v) is 5.86. The molecule has 20 heavy (non-hydrogen) atoms. The molecule has 0 saturated carbocycles. The molecule has 0 spiro atoms. The van der Waals surface area contributed by atoms with Crippen LogP contribution in [0.15, 0.2) is 24.3 Å². The predicted molar refractivity (Wildman–Crippen MR) is 82.2 cm³/mol. The molecule has 0 amide bonds. The van der Waals surface area contributed by atoms with E-state index in [9.17, 15) is 0 Å². The SMILES string of the molecule is CC1CN(Cc2ccc(N3CCOCC3)cc2)CCN1. The van der Waals surface area contributed by atoms with Gasteiger partial charge in [0.25, 0.3) is 0 Å². The van der Waals surface area contributed by atoms with Gasteiger partial charge in [-0.2, -0.15) is 0 Å². The number of hydrogen-bond acceptors (Lipinski definition) is 4. The van der Waals surface area contributed by atoms with Crippen LogP contribution in [0.1, 0.15) is 12.5 Å². The molecule has 0 aromatic heterocycles. The molecule has 1 aromatic carbocycles. The van der Waals surface area contributed by atoms with Crippen molar-refractivity contribution in [1.82, 2.24) is 10.2 Å². The van der Waals surface area contributed by atoms with Gasteiger partial charge in [-0.05, 0) is 24.6 Å². The lowest BCUT2D eigenvalue weighted by Gasteiger charge is -2.32. The van der Waals surface area contributed by atoms with Gasteiger partial charge in [-0.15, -0.1) is 0 Å². The molecule has 1 atom stereocenters. The van der Waals surface area contributed by atoms with Crippen molar-refractivity contribution >= 4 is 5.69 Å². The molecular weight excluding hydrogens is 250 g/mol. The molecule has 2 aliphatic heterocycles. The van der Waals surface area contributed by atoms with E-state index >= 15 is 0 Å². The first-order valence-corrected chi connectivity index (χ1v) is 7.68. The fourth-order valence-corrected chi connectivity index (χ4v) is 3.05. The molecule has 1 unspecified atom stereocenters. The lowest BCUT2D eigenvalue weighted by molar-refractivity contribution is 0.122. The minimum Gasteiger partial charge on any atom is -0.378 e. The predicted octanol–water partition coefficient (Wildman–Crippen LogP) is 1.32. The molecule has 3 rings (SSSR count). The summed E-state index contributed by atoms with van der Waals surface area (Å²) < 4.78 is 5.40. The summed E-state index contributed by atoms with van der Waals surface area (Å²) in [5, 5.41) is 3.49. The molecule has 2 fully saturated rings. The van der Waals surface area contributed by atoms with Crippen LogP contribution in [0.3, 0.4) is 0 Å². The monoisotopic (exact) mass is 275 g/mol. The highest BCUT2D eigenvalue weighted by Crippen LogP contribution is 2.17. The first-order chi connectivity index (χ1) is 9.81. The average molecular weight is 275 g/mol. The molecule has 2 aliphatic rings. The van der Waals surface area contributed by atoms with Crippen molar-refractivity contribution in [3.63, 3.8) is 0 Å². The largest absolute Gasteiger partial charge is 0.378 e. The zero-order chi connectivity index (χ0) is 13.8. The van der Waals surface area contributed by atoms with E-state index in [1.165, 1.54) is 11.3 Å². The van der Waals surface area contributed by atoms with Crippen LogP contribution in [0, 0.1) is 0 Å². The number of nitrogens with zero attached hydrogens (tertiary/aromatic N) is 2. The number of hydrogen-bond donors (Lipinski definition) is 1. The van der Waals surface area contributed by atoms with E-state index < -0.39 is 0 Å². The van der Waals surface area contributed by atoms with Crippen molar-refractivity contribution in [2.45, 2.75) is 19.5 Å². The molecule has 0 aliphatic carbocycles. The third-order valence-electron chi connectivity index (χ3n) is 4.17. The maximum absolute atomic E-state index is 5.40. The molecule has 0 radical (unpaired) electrons. The van der Waals surface area contributed by atoms with Crippen molar-refractivity contribution < 1.29 is 4.74 Å². The molecule has 2 saturated heterocycles. The number of rotatable bonds is 3. The minimum absolute atomic E-state index is 0.608. The fourth-order valence-electron chi connectivity index (χ4n) is 3.05. The summed E-state index contributed by atoms with van der Waals surface area (Å²) in [6.07, 6.45) is 0. The van der Waals surface area contributed by atoms with Crippen LogP contribution in [0.25, 0.3) is 0 Å². The molecule has 1 aromatic rings. The highest BCUT2D eigenvalue weighted by Gasteiger charge is 2.16. The quantitative estimate of drug-likeness (QED) is 0.900. The first-order valence-electron chi connectivity index (χ1n) is 7.68. The van der Waals surface area contributed by atoms with Gasteiger partial charge in [-0.25, -0.2) is 0 Å². The Labute approximate surface area is 121 Å². The Kier molecular flexibility index (Phi) is 4.55. The van der Waals surface area contributed by atoms with Crippen LogP contribution in [0.2, 0.25) is 0 Å². The van der Waals surface area contributed by atoms with Crippen LogP contribution >= 0.6 is 0 Å². The van der Waals surface area contributed by atoms with E-state index in [0.29, 0.717) is 6.04 Å². The van der Waals surface area contributed by atoms with Gasteiger partial charge in [0, 0.05) is 51.0 Å². The smallest absolute Gasteiger partial charge is 0.0642 e. The number of nitrogens with one attached hydrogen (secondary N) is 1. The second-order valence-electron chi connectivity index (χ2n) is 5.86. The summed E-state index contributed by atoms with van der Waals surface area (Å²) in [7, 11) is 0. The lowest BCUT2D eigenvalue weighted by Crippen LogP contribution is -2.48. The minimum atomic E-state index is 0.608. The third-order valence-corrected chi connectivity index (χ3v) is 4.17. The van der Waals surface area contributed by atoms with Gasteiger partial charge in [0.05, 0.1) is 13.2 Å². The Morgan fingerprint density at radius 3 is 2.60 bits per heavy atom. The van der Waals surface area contributed by atoms with Crippen LogP contribution < -0.4 is 10.2 Å². The van der Waals surface area contributed by atoms with Gasteiger partial charge in [0.15, 0.2) is 0 Å². The highest BCUT2D eigenvalue weighted by molar-refractivity contribution is 5.47. The third kappa shape index (κ3) is 3.51. The van der Waals surface area contributed by atoms with E-state index in [1.807, 2.05) is 0 Å². The summed E-state index contributed by atoms with van der Waals surface area (Å²) in [6.45, 7) is 10.4. The summed E-state index contributed by atoms with van der Waals surface area (Å²) in [5.41, 5.74) is 2.74. The van der Waals surface area contributed by atoms with Gasteiger partial charge in [0.2, 0.25) is 0 Å². The summed E-state index contributed by atoms with van der Waals surface area (Å²) in [4.78, 5) is 4.94. The van der Waals surface area contributed by atoms with Gasteiger partial charge < -0.3 is 15.0 Å². The zero-order valence-corrected chi connectivity index (χ0v) is 12.3. The van der Waals surface area contributed by atoms with Crippen LogP contribution in [0.4, 0.5) is 5.69 Å². The van der Waals surface area contributed by atoms with E-state index in [2.05, 4.69) is 46.3 Å². The van der Waals surface area contributed by atoms with Crippen LogP contribution in [-0.4, -0.2) is 56.9 Å². The second kappa shape index (κ2) is 6.57. The fraction of sp³-hybridized carbons (Fsp3) is 0.625. The Morgan fingerprint density at radius 1 is 1.15 bits per heavy atom. The summed E-state index contributed by atoms with van der Waals surface area (Å²) in [6, 6.07) is 9.67. The average Bonchev–Trinajstić information content (AvgIpc) is 2.49. The van der Waals surface area contributed by atoms with Crippen molar-refractivity contribution in [3.8, 4) is 0 Å². The summed E-state index contributed by atoms with van der Waals surface area (Å²) >= 11 is 0. The van der Waals surface area contributed by atoms with E-state index in [4.69, 9.17) is 4.74 Å². The van der Waals surface area contributed by atoms with Gasteiger partial charge in [-0.3, -0.25) is 4.90 Å². The van der Waals surface area contributed by atoms with Crippen molar-refractivity contribution in [1.29, 1.82) is 0 Å². The van der Waals surface area contributed by atoms with Gasteiger partial charge in [-0.1, -0.05) is 12.1 Å². The number of anilines is 1. The number of benzene rings is 1. The van der Waals surface area contributed by atoms with E-state index in [-0.39, 0.29) is 0 Å². The van der Waals surface area contributed by atoms with Crippen molar-refractivity contribution in [2.24, 2.45) is 0 Å².